The van der Waals surface area contributed by atoms with Gasteiger partial charge in [-0.3, -0.25) is 4.79 Å². The lowest BCUT2D eigenvalue weighted by Gasteiger charge is -2.51. The lowest BCUT2D eigenvalue weighted by molar-refractivity contribution is -0.139. The van der Waals surface area contributed by atoms with Crippen molar-refractivity contribution in [3.8, 4) is 0 Å². The minimum absolute atomic E-state index is 0.0922. The predicted molar refractivity (Wildman–Crippen MR) is 98.1 cm³/mol. The van der Waals surface area contributed by atoms with Crippen molar-refractivity contribution in [2.75, 3.05) is 0 Å². The van der Waals surface area contributed by atoms with Crippen molar-refractivity contribution in [2.45, 2.75) is 80.2 Å². The van der Waals surface area contributed by atoms with E-state index in [0.29, 0.717) is 29.7 Å². The number of hydrogen-bond donors (Lipinski definition) is 1. The molecule has 132 valence electrons. The molecule has 2 fully saturated rings. The van der Waals surface area contributed by atoms with Crippen LogP contribution in [-0.2, 0) is 4.79 Å². The summed E-state index contributed by atoms with van der Waals surface area (Å²) in [6, 6.07) is 0.379. The topological polar surface area (TPSA) is 29.1 Å². The minimum Gasteiger partial charge on any atom is -0.353 e. The third kappa shape index (κ3) is 4.00. The Balaban J connectivity index is 2.00. The summed E-state index contributed by atoms with van der Waals surface area (Å²) < 4.78 is 0. The van der Waals surface area contributed by atoms with Gasteiger partial charge in [-0.15, -0.1) is 0 Å². The standard InChI is InChI=1S/C21H37NO/c1-13(2)10-16-12-18(21(16,6)7)20(23)22-19-11-15(5)8-9-17(19)14(3)4/h10,14-19H,8-9,11-12H2,1-7H3,(H,22,23)/t15-,16+,17+,18+,19+/m1/s1. The molecule has 0 saturated heterocycles. The van der Waals surface area contributed by atoms with Gasteiger partial charge >= 0.3 is 0 Å². The Morgan fingerprint density at radius 3 is 2.35 bits per heavy atom. The molecule has 2 aliphatic carbocycles. The van der Waals surface area contributed by atoms with E-state index in [-0.39, 0.29) is 11.3 Å². The highest BCUT2D eigenvalue weighted by atomic mass is 16.2. The van der Waals surface area contributed by atoms with Crippen LogP contribution in [0.5, 0.6) is 0 Å². The molecule has 0 heterocycles. The van der Waals surface area contributed by atoms with Crippen LogP contribution in [0.15, 0.2) is 11.6 Å². The van der Waals surface area contributed by atoms with Gasteiger partial charge in [0.2, 0.25) is 5.91 Å². The summed E-state index contributed by atoms with van der Waals surface area (Å²) in [5.74, 6) is 3.07. The van der Waals surface area contributed by atoms with Gasteiger partial charge in [-0.05, 0) is 62.2 Å². The van der Waals surface area contributed by atoms with E-state index in [9.17, 15) is 4.79 Å². The van der Waals surface area contributed by atoms with Gasteiger partial charge in [0.25, 0.3) is 0 Å². The summed E-state index contributed by atoms with van der Waals surface area (Å²) in [6.45, 7) is 15.8. The van der Waals surface area contributed by atoms with Crippen LogP contribution in [0.1, 0.15) is 74.1 Å². The van der Waals surface area contributed by atoms with Crippen LogP contribution in [0.3, 0.4) is 0 Å². The zero-order chi connectivity index (χ0) is 17.4. The fraction of sp³-hybridized carbons (Fsp3) is 0.857. The van der Waals surface area contributed by atoms with Gasteiger partial charge in [0, 0.05) is 12.0 Å². The monoisotopic (exact) mass is 319 g/mol. The molecule has 1 amide bonds. The van der Waals surface area contributed by atoms with Gasteiger partial charge in [-0.1, -0.05) is 52.7 Å². The molecule has 0 bridgehead atoms. The fourth-order valence-electron chi connectivity index (χ4n) is 4.74. The maximum absolute atomic E-state index is 12.9. The molecule has 0 unspecified atom stereocenters. The van der Waals surface area contributed by atoms with E-state index in [0.717, 1.165) is 18.8 Å². The fourth-order valence-corrected chi connectivity index (χ4v) is 4.74. The van der Waals surface area contributed by atoms with Crippen molar-refractivity contribution in [2.24, 2.45) is 35.0 Å². The van der Waals surface area contributed by atoms with E-state index in [4.69, 9.17) is 0 Å². The second-order valence-corrected chi connectivity index (χ2v) is 9.40. The molecule has 0 aromatic rings. The van der Waals surface area contributed by atoms with E-state index < -0.39 is 0 Å². The van der Waals surface area contributed by atoms with Crippen molar-refractivity contribution >= 4 is 5.91 Å². The largest absolute Gasteiger partial charge is 0.353 e. The Labute approximate surface area is 143 Å². The molecule has 23 heavy (non-hydrogen) atoms. The highest BCUT2D eigenvalue weighted by Gasteiger charge is 2.51. The Kier molecular flexibility index (Phi) is 5.63. The number of carbonyl (C=O) groups is 1. The number of rotatable bonds is 4. The van der Waals surface area contributed by atoms with Gasteiger partial charge in [0.05, 0.1) is 0 Å². The molecule has 0 aromatic heterocycles. The number of amides is 1. The molecular weight excluding hydrogens is 282 g/mol. The molecule has 5 atom stereocenters. The van der Waals surface area contributed by atoms with Gasteiger partial charge in [0.1, 0.15) is 0 Å². The molecule has 0 aliphatic heterocycles. The van der Waals surface area contributed by atoms with E-state index in [1.54, 1.807) is 0 Å². The minimum atomic E-state index is 0.0922. The summed E-state index contributed by atoms with van der Waals surface area (Å²) in [5.41, 5.74) is 1.46. The quantitative estimate of drug-likeness (QED) is 0.710. The number of carbonyl (C=O) groups excluding carboxylic acids is 1. The number of allylic oxidation sites excluding steroid dienone is 2. The normalized spacial score (nSPS) is 36.3. The third-order valence-electron chi connectivity index (χ3n) is 6.54. The number of nitrogens with one attached hydrogen (secondary N) is 1. The molecule has 2 saturated carbocycles. The maximum atomic E-state index is 12.9. The molecule has 1 N–H and O–H groups in total. The Bertz CT molecular complexity index is 458. The van der Waals surface area contributed by atoms with Gasteiger partial charge in [0.15, 0.2) is 0 Å². The summed E-state index contributed by atoms with van der Waals surface area (Å²) >= 11 is 0. The first kappa shape index (κ1) is 18.5. The lowest BCUT2D eigenvalue weighted by Crippen LogP contribution is -2.55. The van der Waals surface area contributed by atoms with Crippen LogP contribution >= 0.6 is 0 Å². The van der Waals surface area contributed by atoms with Crippen molar-refractivity contribution in [1.82, 2.24) is 5.32 Å². The van der Waals surface area contributed by atoms with E-state index in [1.165, 1.54) is 18.4 Å². The Morgan fingerprint density at radius 1 is 1.17 bits per heavy atom. The van der Waals surface area contributed by atoms with Gasteiger partial charge in [-0.25, -0.2) is 0 Å². The second kappa shape index (κ2) is 6.99. The Morgan fingerprint density at radius 2 is 1.83 bits per heavy atom. The lowest BCUT2D eigenvalue weighted by atomic mass is 9.54. The van der Waals surface area contributed by atoms with Gasteiger partial charge in [-0.2, -0.15) is 0 Å². The summed E-state index contributed by atoms with van der Waals surface area (Å²) in [7, 11) is 0. The first-order valence-electron chi connectivity index (χ1n) is 9.58. The zero-order valence-corrected chi connectivity index (χ0v) is 16.3. The predicted octanol–water partition coefficient (Wildman–Crippen LogP) is 5.19. The third-order valence-corrected chi connectivity index (χ3v) is 6.54. The van der Waals surface area contributed by atoms with E-state index in [2.05, 4.69) is 59.9 Å². The van der Waals surface area contributed by atoms with Crippen LogP contribution < -0.4 is 5.32 Å². The van der Waals surface area contributed by atoms with Crippen LogP contribution in [0.2, 0.25) is 0 Å². The van der Waals surface area contributed by atoms with Crippen LogP contribution in [0, 0.1) is 35.0 Å². The highest BCUT2D eigenvalue weighted by Crippen LogP contribution is 2.52. The first-order valence-corrected chi connectivity index (χ1v) is 9.58. The number of hydrogen-bond acceptors (Lipinski definition) is 1. The molecule has 0 aromatic carbocycles. The van der Waals surface area contributed by atoms with Crippen molar-refractivity contribution in [3.63, 3.8) is 0 Å². The molecular formula is C21H37NO. The Hall–Kier alpha value is -0.790. The molecule has 2 aliphatic rings. The van der Waals surface area contributed by atoms with Crippen molar-refractivity contribution in [1.29, 1.82) is 0 Å². The van der Waals surface area contributed by atoms with Crippen molar-refractivity contribution in [3.05, 3.63) is 11.6 Å². The maximum Gasteiger partial charge on any atom is 0.223 e. The molecule has 2 rings (SSSR count). The van der Waals surface area contributed by atoms with E-state index in [1.807, 2.05) is 0 Å². The first-order chi connectivity index (χ1) is 10.6. The van der Waals surface area contributed by atoms with Crippen molar-refractivity contribution < 1.29 is 4.79 Å². The SMILES string of the molecule is CC(C)=C[C@H]1C[C@@H](C(=O)N[C@H]2C[C@H](C)CC[C@H]2C(C)C)C1(C)C. The summed E-state index contributed by atoms with van der Waals surface area (Å²) in [4.78, 5) is 12.9. The zero-order valence-electron chi connectivity index (χ0n) is 16.3. The molecule has 2 nitrogen and oxygen atoms in total. The summed E-state index contributed by atoms with van der Waals surface area (Å²) in [6.07, 6.45) is 7.09. The van der Waals surface area contributed by atoms with E-state index >= 15 is 0 Å². The summed E-state index contributed by atoms with van der Waals surface area (Å²) in [5, 5.41) is 3.45. The average molecular weight is 320 g/mol. The molecule has 0 spiro atoms. The average Bonchev–Trinajstić information content (AvgIpc) is 2.42. The molecule has 2 heteroatoms. The molecule has 0 radical (unpaired) electrons. The van der Waals surface area contributed by atoms with Crippen LogP contribution in [0.25, 0.3) is 0 Å². The highest BCUT2D eigenvalue weighted by molar-refractivity contribution is 5.81. The van der Waals surface area contributed by atoms with Crippen LogP contribution in [0.4, 0.5) is 0 Å². The smallest absolute Gasteiger partial charge is 0.223 e. The van der Waals surface area contributed by atoms with Gasteiger partial charge < -0.3 is 5.32 Å². The second-order valence-electron chi connectivity index (χ2n) is 9.40. The van der Waals surface area contributed by atoms with Crippen LogP contribution in [-0.4, -0.2) is 11.9 Å².